The second kappa shape index (κ2) is 6.42. The summed E-state index contributed by atoms with van der Waals surface area (Å²) in [7, 11) is 0. The predicted molar refractivity (Wildman–Crippen MR) is 44.1 cm³/mol. The van der Waals surface area contributed by atoms with Crippen molar-refractivity contribution in [1.82, 2.24) is 0 Å². The highest BCUT2D eigenvalue weighted by molar-refractivity contribution is 5.71. The van der Waals surface area contributed by atoms with Gasteiger partial charge in [-0.2, -0.15) is 0 Å². The van der Waals surface area contributed by atoms with Crippen molar-refractivity contribution in [3.63, 3.8) is 0 Å². The Hall–Kier alpha value is -1.10. The van der Waals surface area contributed by atoms with Gasteiger partial charge in [0.2, 0.25) is 0 Å². The van der Waals surface area contributed by atoms with Crippen LogP contribution >= 0.6 is 0 Å². The van der Waals surface area contributed by atoms with Crippen LogP contribution in [0.3, 0.4) is 0 Å². The number of carbonyl (C=O) groups is 2. The maximum Gasteiger partial charge on any atom is 0.329 e. The minimum absolute atomic E-state index is 0.0307. The predicted octanol–water partition coefficient (Wildman–Crippen LogP) is 0.165. The first-order valence-electron chi connectivity index (χ1n) is 4.12. The molecule has 0 aliphatic carbocycles. The van der Waals surface area contributed by atoms with Crippen molar-refractivity contribution >= 4 is 11.9 Å². The number of esters is 1. The fourth-order valence-corrected chi connectivity index (χ4v) is 0.870. The zero-order valence-corrected chi connectivity index (χ0v) is 7.52. The van der Waals surface area contributed by atoms with E-state index in [1.807, 2.05) is 6.92 Å². The summed E-state index contributed by atoms with van der Waals surface area (Å²) in [6.07, 6.45) is 2.74. The number of cyclic esters (lactones) is 1. The molecule has 0 aromatic carbocycles. The number of carbonyl (C=O) groups excluding carboxylic acids is 1. The maximum absolute atomic E-state index is 10.4. The number of ether oxygens (including phenoxy) is 1. The van der Waals surface area contributed by atoms with Gasteiger partial charge < -0.3 is 14.9 Å². The molecule has 0 spiro atoms. The van der Waals surface area contributed by atoms with Gasteiger partial charge in [0.25, 0.3) is 0 Å². The molecule has 0 amide bonds. The van der Waals surface area contributed by atoms with Gasteiger partial charge in [-0.3, -0.25) is 4.79 Å². The lowest BCUT2D eigenvalue weighted by atomic mass is 10.2. The fourth-order valence-electron chi connectivity index (χ4n) is 0.870. The van der Waals surface area contributed by atoms with Crippen LogP contribution in [-0.2, 0) is 14.3 Å². The van der Waals surface area contributed by atoms with Crippen LogP contribution in [0.4, 0.5) is 0 Å². The van der Waals surface area contributed by atoms with E-state index in [0.29, 0.717) is 6.42 Å². The molecule has 1 heterocycles. The molecule has 1 unspecified atom stereocenters. The minimum Gasteiger partial charge on any atom is -0.480 e. The van der Waals surface area contributed by atoms with Crippen LogP contribution in [0.1, 0.15) is 26.2 Å². The van der Waals surface area contributed by atoms with Crippen molar-refractivity contribution in [3.8, 4) is 0 Å². The molecule has 0 saturated carbocycles. The summed E-state index contributed by atoms with van der Waals surface area (Å²) in [6, 6.07) is 0. The highest BCUT2D eigenvalue weighted by atomic mass is 16.5. The molecular weight excluding hydrogens is 176 g/mol. The van der Waals surface area contributed by atoms with Crippen LogP contribution in [-0.4, -0.2) is 34.9 Å². The van der Waals surface area contributed by atoms with E-state index in [1.165, 1.54) is 0 Å². The van der Waals surface area contributed by atoms with Gasteiger partial charge in [0.1, 0.15) is 12.7 Å². The lowest BCUT2D eigenvalue weighted by molar-refractivity contribution is -0.141. The highest BCUT2D eigenvalue weighted by Gasteiger charge is 2.20. The third kappa shape index (κ3) is 6.10. The third-order valence-corrected chi connectivity index (χ3v) is 1.56. The Kier molecular flexibility index (Phi) is 5.88. The molecule has 1 aliphatic heterocycles. The van der Waals surface area contributed by atoms with Crippen molar-refractivity contribution in [2.45, 2.75) is 32.3 Å². The third-order valence-electron chi connectivity index (χ3n) is 1.56. The van der Waals surface area contributed by atoms with E-state index in [4.69, 9.17) is 19.7 Å². The largest absolute Gasteiger partial charge is 0.480 e. The number of aliphatic carboxylic acids is 1. The fraction of sp³-hybridized carbons (Fsp3) is 0.750. The molecule has 0 aromatic heterocycles. The first-order chi connectivity index (χ1) is 6.10. The molecule has 2 N–H and O–H groups in total. The van der Waals surface area contributed by atoms with Crippen LogP contribution in [0.5, 0.6) is 0 Å². The molecule has 5 heteroatoms. The Balaban J connectivity index is 0.000000252. The van der Waals surface area contributed by atoms with Crippen molar-refractivity contribution in [2.75, 3.05) is 6.61 Å². The van der Waals surface area contributed by atoms with Gasteiger partial charge in [-0.05, 0) is 12.8 Å². The minimum atomic E-state index is -1.19. The van der Waals surface area contributed by atoms with E-state index in [0.717, 1.165) is 12.8 Å². The summed E-state index contributed by atoms with van der Waals surface area (Å²) in [4.78, 5) is 19.5. The number of carboxylic acid groups (broad SMARTS) is 1. The second-order valence-electron chi connectivity index (χ2n) is 2.61. The van der Waals surface area contributed by atoms with E-state index in [-0.39, 0.29) is 12.1 Å². The summed E-state index contributed by atoms with van der Waals surface area (Å²) in [5, 5.41) is 15.0. The monoisotopic (exact) mass is 190 g/mol. The molecule has 0 radical (unpaired) electrons. The van der Waals surface area contributed by atoms with Crippen LogP contribution in [0.2, 0.25) is 0 Å². The molecular formula is C8H14O5. The topological polar surface area (TPSA) is 83.8 Å². The van der Waals surface area contributed by atoms with E-state index >= 15 is 0 Å². The average Bonchev–Trinajstić information content (AvgIpc) is 2.52. The molecule has 1 aliphatic rings. The van der Waals surface area contributed by atoms with Gasteiger partial charge in [0, 0.05) is 6.42 Å². The molecule has 76 valence electrons. The van der Waals surface area contributed by atoms with Crippen LogP contribution in [0.15, 0.2) is 0 Å². The Labute approximate surface area is 76.3 Å². The molecule has 1 rings (SSSR count). The van der Waals surface area contributed by atoms with Gasteiger partial charge in [0.05, 0.1) is 0 Å². The highest BCUT2D eigenvalue weighted by Crippen LogP contribution is 2.15. The standard InChI is InChI=1S/C6H10O2.C2H4O3/c1-2-5-3-4-6(7)8-5;3-1-2(4)5/h5H,2-4H2,1H3;3H,1H2,(H,4,5). The molecule has 13 heavy (non-hydrogen) atoms. The molecule has 0 aromatic rings. The Bertz CT molecular complexity index is 177. The SMILES string of the molecule is CCC1CCC(=O)O1.O=C(O)CO. The van der Waals surface area contributed by atoms with Crippen molar-refractivity contribution < 1.29 is 24.5 Å². The summed E-state index contributed by atoms with van der Waals surface area (Å²) in [5.41, 5.74) is 0. The number of rotatable bonds is 2. The van der Waals surface area contributed by atoms with Gasteiger partial charge in [-0.15, -0.1) is 0 Å². The lowest BCUT2D eigenvalue weighted by Crippen LogP contribution is -2.03. The number of carboxylic acids is 1. The normalized spacial score (nSPS) is 20.2. The summed E-state index contributed by atoms with van der Waals surface area (Å²) < 4.78 is 4.87. The number of hydrogen-bond acceptors (Lipinski definition) is 4. The Morgan fingerprint density at radius 1 is 1.69 bits per heavy atom. The summed E-state index contributed by atoms with van der Waals surface area (Å²) >= 11 is 0. The summed E-state index contributed by atoms with van der Waals surface area (Å²) in [6.45, 7) is 1.25. The lowest BCUT2D eigenvalue weighted by Gasteiger charge is -2.01. The van der Waals surface area contributed by atoms with Gasteiger partial charge in [-0.1, -0.05) is 6.92 Å². The van der Waals surface area contributed by atoms with E-state index in [9.17, 15) is 4.79 Å². The van der Waals surface area contributed by atoms with Crippen LogP contribution in [0.25, 0.3) is 0 Å². The van der Waals surface area contributed by atoms with Gasteiger partial charge >= 0.3 is 11.9 Å². The zero-order chi connectivity index (χ0) is 10.3. The van der Waals surface area contributed by atoms with Crippen molar-refractivity contribution in [3.05, 3.63) is 0 Å². The van der Waals surface area contributed by atoms with Crippen LogP contribution < -0.4 is 0 Å². The molecule has 5 nitrogen and oxygen atoms in total. The number of aliphatic hydroxyl groups is 1. The smallest absolute Gasteiger partial charge is 0.329 e. The molecule has 1 fully saturated rings. The summed E-state index contributed by atoms with van der Waals surface area (Å²) in [5.74, 6) is -1.22. The van der Waals surface area contributed by atoms with Gasteiger partial charge in [-0.25, -0.2) is 4.79 Å². The van der Waals surface area contributed by atoms with E-state index in [1.54, 1.807) is 0 Å². The quantitative estimate of drug-likeness (QED) is 0.606. The average molecular weight is 190 g/mol. The molecule has 1 atom stereocenters. The zero-order valence-electron chi connectivity index (χ0n) is 7.52. The first kappa shape index (κ1) is 11.9. The number of hydrogen-bond donors (Lipinski definition) is 2. The molecule has 1 saturated heterocycles. The Morgan fingerprint density at radius 3 is 2.38 bits per heavy atom. The second-order valence-corrected chi connectivity index (χ2v) is 2.61. The maximum atomic E-state index is 10.4. The van der Waals surface area contributed by atoms with E-state index in [2.05, 4.69) is 0 Å². The van der Waals surface area contributed by atoms with Crippen molar-refractivity contribution in [2.24, 2.45) is 0 Å². The Morgan fingerprint density at radius 2 is 2.23 bits per heavy atom. The first-order valence-corrected chi connectivity index (χ1v) is 4.12. The molecule has 0 bridgehead atoms. The van der Waals surface area contributed by atoms with Crippen LogP contribution in [0, 0.1) is 0 Å². The number of aliphatic hydroxyl groups excluding tert-OH is 1. The van der Waals surface area contributed by atoms with E-state index < -0.39 is 12.6 Å². The van der Waals surface area contributed by atoms with Crippen molar-refractivity contribution in [1.29, 1.82) is 0 Å². The van der Waals surface area contributed by atoms with Gasteiger partial charge in [0.15, 0.2) is 0 Å².